The minimum Gasteiger partial charge on any atom is -0.381 e. The van der Waals surface area contributed by atoms with Gasteiger partial charge in [0.25, 0.3) is 0 Å². The third-order valence-corrected chi connectivity index (χ3v) is 4.82. The summed E-state index contributed by atoms with van der Waals surface area (Å²) in [5.74, 6) is 0.701. The van der Waals surface area contributed by atoms with Gasteiger partial charge in [0.2, 0.25) is 0 Å². The Morgan fingerprint density at radius 1 is 1.21 bits per heavy atom. The molecule has 1 aliphatic heterocycles. The van der Waals surface area contributed by atoms with Gasteiger partial charge >= 0.3 is 0 Å². The number of nitrogens with zero attached hydrogens (tertiary/aromatic N) is 1. The molecule has 1 unspecified atom stereocenters. The maximum atomic E-state index is 6.28. The average Bonchev–Trinajstić information content (AvgIpc) is 2.36. The van der Waals surface area contributed by atoms with Gasteiger partial charge in [-0.05, 0) is 70.4 Å². The van der Waals surface area contributed by atoms with Crippen LogP contribution in [0.25, 0.3) is 0 Å². The summed E-state index contributed by atoms with van der Waals surface area (Å²) in [5.41, 5.74) is 1.97. The molecule has 0 amide bonds. The van der Waals surface area contributed by atoms with Gasteiger partial charge in [0.05, 0.1) is 10.7 Å². The van der Waals surface area contributed by atoms with Gasteiger partial charge in [0, 0.05) is 11.1 Å². The van der Waals surface area contributed by atoms with E-state index in [2.05, 4.69) is 24.2 Å². The molecule has 1 aromatic rings. The average molecular weight is 301 g/mol. The zero-order valence-electron chi connectivity index (χ0n) is 11.8. The number of piperidine rings is 1. The predicted molar refractivity (Wildman–Crippen MR) is 84.5 cm³/mol. The van der Waals surface area contributed by atoms with Crippen molar-refractivity contribution in [3.05, 3.63) is 27.7 Å². The number of hydrogen-bond donors (Lipinski definition) is 1. The van der Waals surface area contributed by atoms with E-state index in [4.69, 9.17) is 23.2 Å². The summed E-state index contributed by atoms with van der Waals surface area (Å²) in [5, 5.41) is 5.05. The number of benzene rings is 1. The molecule has 2 rings (SSSR count). The van der Waals surface area contributed by atoms with Crippen molar-refractivity contribution in [2.45, 2.75) is 32.7 Å². The molecule has 1 N–H and O–H groups in total. The largest absolute Gasteiger partial charge is 0.381 e. The number of anilines is 1. The third kappa shape index (κ3) is 3.77. The normalized spacial score (nSPS) is 19.4. The van der Waals surface area contributed by atoms with E-state index in [0.717, 1.165) is 21.3 Å². The van der Waals surface area contributed by atoms with Crippen molar-refractivity contribution in [3.63, 3.8) is 0 Å². The van der Waals surface area contributed by atoms with Crippen molar-refractivity contribution in [1.82, 2.24) is 4.90 Å². The zero-order valence-corrected chi connectivity index (χ0v) is 13.4. The number of aryl methyl sites for hydroxylation is 1. The van der Waals surface area contributed by atoms with E-state index in [1.807, 2.05) is 19.1 Å². The van der Waals surface area contributed by atoms with Crippen molar-refractivity contribution in [3.8, 4) is 0 Å². The zero-order chi connectivity index (χ0) is 14.0. The third-order valence-electron chi connectivity index (χ3n) is 4.10. The van der Waals surface area contributed by atoms with Gasteiger partial charge in [-0.3, -0.25) is 0 Å². The molecule has 4 heteroatoms. The first-order valence-electron chi connectivity index (χ1n) is 6.88. The Morgan fingerprint density at radius 2 is 1.84 bits per heavy atom. The second-order valence-electron chi connectivity index (χ2n) is 5.65. The Hall–Kier alpha value is -0.440. The first-order valence-corrected chi connectivity index (χ1v) is 7.63. The van der Waals surface area contributed by atoms with Crippen molar-refractivity contribution in [1.29, 1.82) is 0 Å². The van der Waals surface area contributed by atoms with Crippen LogP contribution in [-0.2, 0) is 0 Å². The molecule has 19 heavy (non-hydrogen) atoms. The van der Waals surface area contributed by atoms with E-state index in [9.17, 15) is 0 Å². The fourth-order valence-corrected chi connectivity index (χ4v) is 3.09. The van der Waals surface area contributed by atoms with Crippen LogP contribution < -0.4 is 5.32 Å². The second-order valence-corrected chi connectivity index (χ2v) is 6.47. The quantitative estimate of drug-likeness (QED) is 0.887. The maximum absolute atomic E-state index is 6.28. The van der Waals surface area contributed by atoms with Gasteiger partial charge in [-0.1, -0.05) is 23.2 Å². The molecule has 1 atom stereocenters. The van der Waals surface area contributed by atoms with Gasteiger partial charge in [-0.2, -0.15) is 0 Å². The molecule has 2 nitrogen and oxygen atoms in total. The molecule has 0 spiro atoms. The molecule has 0 saturated carbocycles. The van der Waals surface area contributed by atoms with Gasteiger partial charge in [0.15, 0.2) is 0 Å². The van der Waals surface area contributed by atoms with E-state index in [1.54, 1.807) is 0 Å². The van der Waals surface area contributed by atoms with Crippen LogP contribution in [0.4, 0.5) is 5.69 Å². The Kier molecular flexibility index (Phi) is 4.99. The Labute approximate surface area is 126 Å². The van der Waals surface area contributed by atoms with Crippen LogP contribution in [0.5, 0.6) is 0 Å². The molecule has 0 radical (unpaired) electrons. The van der Waals surface area contributed by atoms with Crippen molar-refractivity contribution in [2.24, 2.45) is 5.92 Å². The summed E-state index contributed by atoms with van der Waals surface area (Å²) < 4.78 is 0. The number of rotatable bonds is 3. The molecule has 106 valence electrons. The fourth-order valence-electron chi connectivity index (χ4n) is 2.65. The van der Waals surface area contributed by atoms with Crippen molar-refractivity contribution in [2.75, 3.05) is 25.5 Å². The van der Waals surface area contributed by atoms with Crippen LogP contribution in [0.3, 0.4) is 0 Å². The number of halogens is 2. The molecule has 1 saturated heterocycles. The summed E-state index contributed by atoms with van der Waals surface area (Å²) >= 11 is 12.4. The lowest BCUT2D eigenvalue weighted by molar-refractivity contribution is 0.208. The van der Waals surface area contributed by atoms with Gasteiger partial charge < -0.3 is 10.2 Å². The van der Waals surface area contributed by atoms with Crippen LogP contribution in [0.1, 0.15) is 25.3 Å². The fraction of sp³-hybridized carbons (Fsp3) is 0.600. The lowest BCUT2D eigenvalue weighted by Gasteiger charge is -2.33. The van der Waals surface area contributed by atoms with Gasteiger partial charge in [-0.25, -0.2) is 0 Å². The summed E-state index contributed by atoms with van der Waals surface area (Å²) in [6.45, 7) is 6.57. The minimum absolute atomic E-state index is 0.421. The van der Waals surface area contributed by atoms with Crippen LogP contribution in [0.15, 0.2) is 12.1 Å². The summed E-state index contributed by atoms with van der Waals surface area (Å²) in [7, 11) is 2.19. The lowest BCUT2D eigenvalue weighted by Crippen LogP contribution is -2.37. The Morgan fingerprint density at radius 3 is 2.47 bits per heavy atom. The molecular formula is C15H22Cl2N2. The maximum Gasteiger partial charge on any atom is 0.0641 e. The van der Waals surface area contributed by atoms with E-state index in [0.29, 0.717) is 12.0 Å². The highest BCUT2D eigenvalue weighted by molar-refractivity contribution is 6.35. The van der Waals surface area contributed by atoms with Crippen LogP contribution in [0, 0.1) is 12.8 Å². The Balaban J connectivity index is 2.02. The minimum atomic E-state index is 0.421. The van der Waals surface area contributed by atoms with Gasteiger partial charge in [-0.15, -0.1) is 0 Å². The van der Waals surface area contributed by atoms with E-state index in [-0.39, 0.29) is 0 Å². The first-order chi connectivity index (χ1) is 8.97. The second kappa shape index (κ2) is 6.34. The monoisotopic (exact) mass is 300 g/mol. The summed E-state index contributed by atoms with van der Waals surface area (Å²) in [6.07, 6.45) is 2.48. The smallest absolute Gasteiger partial charge is 0.0641 e. The summed E-state index contributed by atoms with van der Waals surface area (Å²) in [6, 6.07) is 4.28. The van der Waals surface area contributed by atoms with E-state index >= 15 is 0 Å². The number of nitrogens with one attached hydrogen (secondary N) is 1. The van der Waals surface area contributed by atoms with Crippen molar-refractivity contribution >= 4 is 28.9 Å². The molecule has 0 bridgehead atoms. The lowest BCUT2D eigenvalue weighted by atomic mass is 9.90. The SMILES string of the molecule is Cc1cc(Cl)c(NC(C)C2CCN(C)CC2)cc1Cl. The molecule has 0 aromatic heterocycles. The molecule has 1 fully saturated rings. The summed E-state index contributed by atoms with van der Waals surface area (Å²) in [4.78, 5) is 2.39. The van der Waals surface area contributed by atoms with Gasteiger partial charge in [0.1, 0.15) is 0 Å². The van der Waals surface area contributed by atoms with Crippen LogP contribution in [0.2, 0.25) is 10.0 Å². The molecule has 1 heterocycles. The highest BCUT2D eigenvalue weighted by Gasteiger charge is 2.22. The molecule has 1 aromatic carbocycles. The van der Waals surface area contributed by atoms with E-state index < -0.39 is 0 Å². The standard InChI is InChI=1S/C15H22Cl2N2/c1-10-8-14(17)15(9-13(10)16)18-11(2)12-4-6-19(3)7-5-12/h8-9,11-12,18H,4-7H2,1-3H3. The van der Waals surface area contributed by atoms with Crippen LogP contribution >= 0.6 is 23.2 Å². The predicted octanol–water partition coefficient (Wildman–Crippen LogP) is 4.44. The van der Waals surface area contributed by atoms with E-state index in [1.165, 1.54) is 25.9 Å². The molecule has 0 aliphatic carbocycles. The first kappa shape index (κ1) is 15.0. The van der Waals surface area contributed by atoms with Crippen LogP contribution in [-0.4, -0.2) is 31.1 Å². The number of likely N-dealkylation sites (tertiary alicyclic amines) is 1. The topological polar surface area (TPSA) is 15.3 Å². The highest BCUT2D eigenvalue weighted by Crippen LogP contribution is 2.31. The Bertz CT molecular complexity index is 440. The number of hydrogen-bond acceptors (Lipinski definition) is 2. The highest BCUT2D eigenvalue weighted by atomic mass is 35.5. The van der Waals surface area contributed by atoms with Crippen molar-refractivity contribution < 1.29 is 0 Å². The molecule has 1 aliphatic rings. The molecular weight excluding hydrogens is 279 g/mol.